The predicted octanol–water partition coefficient (Wildman–Crippen LogP) is 2.20. The van der Waals surface area contributed by atoms with Gasteiger partial charge in [-0.15, -0.1) is 0 Å². The first-order valence-electron chi connectivity index (χ1n) is 7.91. The third kappa shape index (κ3) is 3.22. The van der Waals surface area contributed by atoms with Crippen LogP contribution in [-0.2, 0) is 11.3 Å². The fourth-order valence-electron chi connectivity index (χ4n) is 2.53. The van der Waals surface area contributed by atoms with E-state index >= 15 is 0 Å². The molecule has 3 aromatic rings. The average Bonchev–Trinajstić information content (AvgIpc) is 3.15. The molecule has 24 heavy (non-hydrogen) atoms. The number of aliphatic carboxylic acids is 1. The number of carboxylic acids is 1. The Morgan fingerprint density at radius 1 is 1.33 bits per heavy atom. The van der Waals surface area contributed by atoms with E-state index in [2.05, 4.69) is 20.4 Å². The van der Waals surface area contributed by atoms with Crippen molar-refractivity contribution >= 4 is 17.4 Å². The van der Waals surface area contributed by atoms with Gasteiger partial charge in [0.2, 0.25) is 0 Å². The number of aromatic nitrogens is 5. The minimum absolute atomic E-state index is 0.132. The van der Waals surface area contributed by atoms with Crippen LogP contribution in [0.15, 0.2) is 24.8 Å². The monoisotopic (exact) mass is 328 g/mol. The lowest BCUT2D eigenvalue weighted by molar-refractivity contribution is -0.137. The highest BCUT2D eigenvalue weighted by atomic mass is 16.4. The van der Waals surface area contributed by atoms with Gasteiger partial charge in [-0.3, -0.25) is 18.9 Å². The fraction of sp³-hybridized carbons (Fsp3) is 0.375. The first-order valence-corrected chi connectivity index (χ1v) is 7.91. The number of carbonyl (C=O) groups is 1. The van der Waals surface area contributed by atoms with Crippen LogP contribution in [0, 0.1) is 6.92 Å². The maximum absolute atomic E-state index is 10.7. The maximum atomic E-state index is 10.7. The molecule has 0 aliphatic carbocycles. The minimum atomic E-state index is -0.792. The van der Waals surface area contributed by atoms with Crippen molar-refractivity contribution < 1.29 is 9.90 Å². The fourth-order valence-corrected chi connectivity index (χ4v) is 2.53. The van der Waals surface area contributed by atoms with Crippen molar-refractivity contribution in [1.82, 2.24) is 24.1 Å². The van der Waals surface area contributed by atoms with E-state index in [-0.39, 0.29) is 6.42 Å². The van der Waals surface area contributed by atoms with E-state index in [4.69, 9.17) is 5.11 Å². The summed E-state index contributed by atoms with van der Waals surface area (Å²) in [7, 11) is 0. The van der Waals surface area contributed by atoms with Crippen LogP contribution < -0.4 is 5.32 Å². The summed E-state index contributed by atoms with van der Waals surface area (Å²) in [6.07, 6.45) is 8.05. The number of fused-ring (bicyclic) bond motifs is 1. The second-order valence-electron chi connectivity index (χ2n) is 5.57. The molecule has 3 aromatic heterocycles. The van der Waals surface area contributed by atoms with Gasteiger partial charge in [0.1, 0.15) is 11.5 Å². The van der Waals surface area contributed by atoms with Gasteiger partial charge in [0.05, 0.1) is 18.1 Å². The molecule has 3 rings (SSSR count). The Kier molecular flexibility index (Phi) is 4.45. The average molecular weight is 328 g/mol. The van der Waals surface area contributed by atoms with Crippen LogP contribution in [0.1, 0.15) is 25.5 Å². The molecule has 0 spiro atoms. The maximum Gasteiger partial charge on any atom is 0.303 e. The molecule has 126 valence electrons. The van der Waals surface area contributed by atoms with Crippen molar-refractivity contribution in [1.29, 1.82) is 0 Å². The predicted molar refractivity (Wildman–Crippen MR) is 90.0 cm³/mol. The van der Waals surface area contributed by atoms with E-state index in [1.54, 1.807) is 12.4 Å². The molecule has 2 N–H and O–H groups in total. The SMILES string of the molecule is CCn1cc(-c2nc3cnc(C)cn3c2NCCCC(=O)O)cn1. The third-order valence-electron chi connectivity index (χ3n) is 3.73. The van der Waals surface area contributed by atoms with Gasteiger partial charge in [-0.2, -0.15) is 5.10 Å². The third-order valence-corrected chi connectivity index (χ3v) is 3.73. The zero-order valence-electron chi connectivity index (χ0n) is 13.7. The van der Waals surface area contributed by atoms with E-state index in [0.29, 0.717) is 13.0 Å². The van der Waals surface area contributed by atoms with Gasteiger partial charge in [0.25, 0.3) is 0 Å². The standard InChI is InChI=1S/C16H20N6O2/c1-3-21-10-12(7-19-21)15-16(17-6-4-5-14(23)24)22-9-11(2)18-8-13(22)20-15/h7-10,17H,3-6H2,1-2H3,(H,23,24). The molecule has 0 bridgehead atoms. The lowest BCUT2D eigenvalue weighted by atomic mass is 10.2. The van der Waals surface area contributed by atoms with Crippen LogP contribution in [0.5, 0.6) is 0 Å². The molecule has 0 unspecified atom stereocenters. The van der Waals surface area contributed by atoms with E-state index in [1.165, 1.54) is 0 Å². The summed E-state index contributed by atoms with van der Waals surface area (Å²) in [4.78, 5) is 19.6. The van der Waals surface area contributed by atoms with Gasteiger partial charge >= 0.3 is 5.97 Å². The van der Waals surface area contributed by atoms with Crippen LogP contribution >= 0.6 is 0 Å². The summed E-state index contributed by atoms with van der Waals surface area (Å²) in [5.74, 6) is 0.0379. The Bertz CT molecular complexity index is 867. The summed E-state index contributed by atoms with van der Waals surface area (Å²) >= 11 is 0. The second kappa shape index (κ2) is 6.69. The smallest absolute Gasteiger partial charge is 0.303 e. The number of imidazole rings is 1. The van der Waals surface area contributed by atoms with Crippen molar-refractivity contribution in [3.63, 3.8) is 0 Å². The van der Waals surface area contributed by atoms with Gasteiger partial charge in [0.15, 0.2) is 5.65 Å². The van der Waals surface area contributed by atoms with Crippen LogP contribution in [0.25, 0.3) is 16.9 Å². The molecule has 0 aliphatic heterocycles. The summed E-state index contributed by atoms with van der Waals surface area (Å²) in [6.45, 7) is 5.28. The number of rotatable bonds is 7. The van der Waals surface area contributed by atoms with Crippen LogP contribution in [0.2, 0.25) is 0 Å². The highest BCUT2D eigenvalue weighted by Gasteiger charge is 2.16. The molecule has 0 saturated heterocycles. The van der Waals surface area contributed by atoms with E-state index < -0.39 is 5.97 Å². The molecule has 0 atom stereocenters. The Morgan fingerprint density at radius 2 is 2.17 bits per heavy atom. The number of anilines is 1. The molecule has 0 saturated carbocycles. The van der Waals surface area contributed by atoms with Gasteiger partial charge in [-0.25, -0.2) is 4.98 Å². The summed E-state index contributed by atoms with van der Waals surface area (Å²) < 4.78 is 3.79. The zero-order valence-corrected chi connectivity index (χ0v) is 13.7. The molecule has 0 aliphatic rings. The van der Waals surface area contributed by atoms with E-state index in [1.807, 2.05) is 35.3 Å². The number of aryl methyl sites for hydroxylation is 2. The normalized spacial score (nSPS) is 11.1. The van der Waals surface area contributed by atoms with Crippen molar-refractivity contribution in [2.24, 2.45) is 0 Å². The molecule has 8 heteroatoms. The Hall–Kier alpha value is -2.90. The first-order chi connectivity index (χ1) is 11.6. The largest absolute Gasteiger partial charge is 0.481 e. The molecular formula is C16H20N6O2. The van der Waals surface area contributed by atoms with Crippen LogP contribution in [0.4, 0.5) is 5.82 Å². The zero-order chi connectivity index (χ0) is 17.1. The summed E-state index contributed by atoms with van der Waals surface area (Å²) in [6, 6.07) is 0. The molecular weight excluding hydrogens is 308 g/mol. The lowest BCUT2D eigenvalue weighted by Gasteiger charge is -2.07. The highest BCUT2D eigenvalue weighted by Crippen LogP contribution is 2.28. The Balaban J connectivity index is 1.97. The quantitative estimate of drug-likeness (QED) is 0.645. The number of nitrogens with one attached hydrogen (secondary N) is 1. The lowest BCUT2D eigenvalue weighted by Crippen LogP contribution is -2.07. The topological polar surface area (TPSA) is 97.3 Å². The molecule has 8 nitrogen and oxygen atoms in total. The Morgan fingerprint density at radius 3 is 2.88 bits per heavy atom. The van der Waals surface area contributed by atoms with Gasteiger partial charge in [-0.05, 0) is 20.3 Å². The van der Waals surface area contributed by atoms with E-state index in [0.717, 1.165) is 35.0 Å². The number of hydrogen-bond acceptors (Lipinski definition) is 5. The molecule has 0 aromatic carbocycles. The molecule has 3 heterocycles. The van der Waals surface area contributed by atoms with E-state index in [9.17, 15) is 4.79 Å². The number of nitrogens with zero attached hydrogens (tertiary/aromatic N) is 5. The Labute approximate surface area is 139 Å². The van der Waals surface area contributed by atoms with Crippen molar-refractivity contribution in [2.45, 2.75) is 33.2 Å². The molecule has 0 fully saturated rings. The highest BCUT2D eigenvalue weighted by molar-refractivity contribution is 5.75. The second-order valence-corrected chi connectivity index (χ2v) is 5.57. The number of hydrogen-bond donors (Lipinski definition) is 2. The van der Waals surface area contributed by atoms with Crippen LogP contribution in [0.3, 0.4) is 0 Å². The van der Waals surface area contributed by atoms with Crippen LogP contribution in [-0.4, -0.2) is 41.8 Å². The van der Waals surface area contributed by atoms with Crippen molar-refractivity contribution in [2.75, 3.05) is 11.9 Å². The van der Waals surface area contributed by atoms with Gasteiger partial charge in [0, 0.05) is 37.5 Å². The minimum Gasteiger partial charge on any atom is -0.481 e. The summed E-state index contributed by atoms with van der Waals surface area (Å²) in [5.41, 5.74) is 3.32. The molecule has 0 amide bonds. The molecule has 0 radical (unpaired) electrons. The number of carboxylic acid groups (broad SMARTS) is 1. The van der Waals surface area contributed by atoms with Gasteiger partial charge in [-0.1, -0.05) is 0 Å². The van der Waals surface area contributed by atoms with Gasteiger partial charge < -0.3 is 10.4 Å². The van der Waals surface area contributed by atoms with Crippen molar-refractivity contribution in [3.05, 3.63) is 30.5 Å². The first kappa shape index (κ1) is 16.0. The summed E-state index contributed by atoms with van der Waals surface area (Å²) in [5, 5.41) is 16.4. The van der Waals surface area contributed by atoms with Crippen molar-refractivity contribution in [3.8, 4) is 11.3 Å².